The minimum atomic E-state index is -3.51. The van der Waals surface area contributed by atoms with Crippen molar-refractivity contribution < 1.29 is 13.2 Å². The third-order valence-electron chi connectivity index (χ3n) is 5.13. The number of hydrogen-bond donors (Lipinski definition) is 1. The first-order valence-corrected chi connectivity index (χ1v) is 12.2. The number of benzene rings is 1. The molecule has 0 spiro atoms. The van der Waals surface area contributed by atoms with Crippen LogP contribution < -0.4 is 5.73 Å². The lowest BCUT2D eigenvalue weighted by Crippen LogP contribution is -2.52. The Balaban J connectivity index is 1.38. The highest BCUT2D eigenvalue weighted by Gasteiger charge is 2.31. The summed E-state index contributed by atoms with van der Waals surface area (Å²) in [6.45, 7) is 0.919. The number of amides is 1. The number of piperazine rings is 1. The highest BCUT2D eigenvalue weighted by molar-refractivity contribution is 7.89. The molecule has 0 aliphatic carbocycles. The van der Waals surface area contributed by atoms with Gasteiger partial charge < -0.3 is 10.6 Å². The number of carbonyl (C=O) groups excluding carboxylic acids is 1. The average molecular weight is 465 g/mol. The highest BCUT2D eigenvalue weighted by Crippen LogP contribution is 2.23. The maximum absolute atomic E-state index is 12.7. The fourth-order valence-corrected chi connectivity index (χ4v) is 6.09. The van der Waals surface area contributed by atoms with E-state index >= 15 is 0 Å². The maximum Gasteiger partial charge on any atom is 0.238 e. The Morgan fingerprint density at radius 2 is 2.00 bits per heavy atom. The molecule has 1 fully saturated rings. The van der Waals surface area contributed by atoms with Crippen molar-refractivity contribution in [3.63, 3.8) is 0 Å². The van der Waals surface area contributed by atoms with Crippen molar-refractivity contribution in [1.82, 2.24) is 14.2 Å². The second-order valence-electron chi connectivity index (χ2n) is 7.17. The van der Waals surface area contributed by atoms with E-state index in [9.17, 15) is 13.2 Å². The number of anilines is 1. The summed E-state index contributed by atoms with van der Waals surface area (Å²) in [5, 5.41) is 0.871. The standard InChI is InChI=1S/C20H21ClN4O3S2/c21-19-4-2-15(29-19)6-10-30(27,28)25-9-8-24(20(26)13-25)12-14-1-3-16-17(22)5-7-23-18(16)11-14/h1-5,7,11H,6,8-10,12-13H2,(H2,22,23). The van der Waals surface area contributed by atoms with Gasteiger partial charge >= 0.3 is 0 Å². The molecule has 2 N–H and O–H groups in total. The second kappa shape index (κ2) is 8.50. The van der Waals surface area contributed by atoms with E-state index < -0.39 is 10.0 Å². The number of nitrogen functional groups attached to an aromatic ring is 1. The molecule has 1 aromatic carbocycles. The Morgan fingerprint density at radius 1 is 1.17 bits per heavy atom. The van der Waals surface area contributed by atoms with Crippen molar-refractivity contribution in [2.45, 2.75) is 13.0 Å². The molecule has 3 heterocycles. The van der Waals surface area contributed by atoms with E-state index in [1.165, 1.54) is 15.6 Å². The summed E-state index contributed by atoms with van der Waals surface area (Å²) in [6, 6.07) is 11.1. The van der Waals surface area contributed by atoms with Crippen LogP contribution in [0.5, 0.6) is 0 Å². The normalized spacial score (nSPS) is 15.8. The number of pyridine rings is 1. The molecule has 7 nitrogen and oxygen atoms in total. The van der Waals surface area contributed by atoms with Crippen LogP contribution >= 0.6 is 22.9 Å². The van der Waals surface area contributed by atoms with Crippen LogP contribution in [0.4, 0.5) is 5.69 Å². The van der Waals surface area contributed by atoms with Gasteiger partial charge in [0.1, 0.15) is 0 Å². The molecule has 10 heteroatoms. The van der Waals surface area contributed by atoms with Crippen molar-refractivity contribution in [1.29, 1.82) is 0 Å². The first kappa shape index (κ1) is 21.0. The topological polar surface area (TPSA) is 96.6 Å². The van der Waals surface area contributed by atoms with Gasteiger partial charge in [0.15, 0.2) is 0 Å². The molecule has 1 aliphatic rings. The zero-order valence-electron chi connectivity index (χ0n) is 16.1. The molecule has 0 saturated carbocycles. The Bertz CT molecular complexity index is 1200. The number of nitrogens with two attached hydrogens (primary N) is 1. The van der Waals surface area contributed by atoms with Crippen molar-refractivity contribution in [2.75, 3.05) is 31.1 Å². The Hall–Kier alpha value is -2.20. The molecular formula is C20H21ClN4O3S2. The lowest BCUT2D eigenvalue weighted by atomic mass is 10.1. The summed E-state index contributed by atoms with van der Waals surface area (Å²) in [4.78, 5) is 19.5. The van der Waals surface area contributed by atoms with E-state index in [2.05, 4.69) is 4.98 Å². The van der Waals surface area contributed by atoms with Crippen LogP contribution in [0, 0.1) is 0 Å². The molecule has 2 aromatic heterocycles. The van der Waals surface area contributed by atoms with Crippen LogP contribution in [0.25, 0.3) is 10.9 Å². The monoisotopic (exact) mass is 464 g/mol. The first-order chi connectivity index (χ1) is 14.3. The van der Waals surface area contributed by atoms with E-state index in [0.717, 1.165) is 21.3 Å². The molecule has 1 aliphatic heterocycles. The van der Waals surface area contributed by atoms with Crippen LogP contribution in [0.1, 0.15) is 10.4 Å². The molecule has 3 aromatic rings. The lowest BCUT2D eigenvalue weighted by molar-refractivity contribution is -0.134. The predicted octanol–water partition coefficient (Wildman–Crippen LogP) is 2.75. The van der Waals surface area contributed by atoms with Crippen LogP contribution in [0.2, 0.25) is 4.34 Å². The van der Waals surface area contributed by atoms with Gasteiger partial charge in [0.2, 0.25) is 15.9 Å². The summed E-state index contributed by atoms with van der Waals surface area (Å²) in [6.07, 6.45) is 2.04. The van der Waals surface area contributed by atoms with Gasteiger partial charge in [-0.3, -0.25) is 9.78 Å². The van der Waals surface area contributed by atoms with Crippen LogP contribution in [0.15, 0.2) is 42.6 Å². The zero-order chi connectivity index (χ0) is 21.3. The Kier molecular flexibility index (Phi) is 5.97. The molecule has 0 unspecified atom stereocenters. The molecule has 0 atom stereocenters. The third-order valence-corrected chi connectivity index (χ3v) is 8.24. The van der Waals surface area contributed by atoms with Crippen LogP contribution in [-0.2, 0) is 27.8 Å². The average Bonchev–Trinajstić information content (AvgIpc) is 3.13. The fourth-order valence-electron chi connectivity index (χ4n) is 3.47. The first-order valence-electron chi connectivity index (χ1n) is 9.45. The smallest absolute Gasteiger partial charge is 0.238 e. The number of nitrogens with zero attached hydrogens (tertiary/aromatic N) is 3. The summed E-state index contributed by atoms with van der Waals surface area (Å²) >= 11 is 7.27. The molecule has 1 saturated heterocycles. The van der Waals surface area contributed by atoms with E-state index in [0.29, 0.717) is 29.5 Å². The molecule has 1 amide bonds. The molecular weight excluding hydrogens is 444 g/mol. The SMILES string of the molecule is Nc1ccnc2cc(CN3CCN(S(=O)(=O)CCc4ccc(Cl)s4)CC3=O)ccc12. The van der Waals surface area contributed by atoms with Gasteiger partial charge in [-0.2, -0.15) is 4.31 Å². The molecule has 0 bridgehead atoms. The highest BCUT2D eigenvalue weighted by atomic mass is 35.5. The third kappa shape index (κ3) is 4.59. The predicted molar refractivity (Wildman–Crippen MR) is 120 cm³/mol. The minimum Gasteiger partial charge on any atom is -0.398 e. The quantitative estimate of drug-likeness (QED) is 0.605. The zero-order valence-corrected chi connectivity index (χ0v) is 18.5. The summed E-state index contributed by atoms with van der Waals surface area (Å²) in [5.74, 6) is -0.237. The van der Waals surface area contributed by atoms with Gasteiger partial charge in [0.05, 0.1) is 22.2 Å². The largest absolute Gasteiger partial charge is 0.398 e. The Morgan fingerprint density at radius 3 is 2.73 bits per heavy atom. The summed E-state index contributed by atoms with van der Waals surface area (Å²) in [5.41, 5.74) is 8.32. The van der Waals surface area contributed by atoms with Gasteiger partial charge in [-0.15, -0.1) is 11.3 Å². The minimum absolute atomic E-state index is 0.0328. The summed E-state index contributed by atoms with van der Waals surface area (Å²) in [7, 11) is -3.51. The lowest BCUT2D eigenvalue weighted by Gasteiger charge is -2.33. The van der Waals surface area contributed by atoms with Crippen LogP contribution in [0.3, 0.4) is 0 Å². The number of halogens is 1. The van der Waals surface area contributed by atoms with E-state index in [4.69, 9.17) is 17.3 Å². The van der Waals surface area contributed by atoms with E-state index in [-0.39, 0.29) is 24.7 Å². The van der Waals surface area contributed by atoms with Gasteiger partial charge in [-0.1, -0.05) is 23.7 Å². The maximum atomic E-state index is 12.7. The van der Waals surface area contributed by atoms with Gasteiger partial charge in [-0.05, 0) is 36.2 Å². The van der Waals surface area contributed by atoms with Gasteiger partial charge in [0.25, 0.3) is 0 Å². The number of rotatable bonds is 6. The van der Waals surface area contributed by atoms with Crippen molar-refractivity contribution >= 4 is 55.5 Å². The number of sulfonamides is 1. The number of aromatic nitrogens is 1. The number of thiophene rings is 1. The van der Waals surface area contributed by atoms with Crippen molar-refractivity contribution in [2.24, 2.45) is 0 Å². The number of hydrogen-bond acceptors (Lipinski definition) is 6. The fraction of sp³-hybridized carbons (Fsp3) is 0.300. The molecule has 30 heavy (non-hydrogen) atoms. The summed E-state index contributed by atoms with van der Waals surface area (Å²) < 4.78 is 27.2. The molecule has 158 valence electrons. The van der Waals surface area contributed by atoms with Crippen molar-refractivity contribution in [3.8, 4) is 0 Å². The van der Waals surface area contributed by atoms with Gasteiger partial charge in [-0.25, -0.2) is 8.42 Å². The number of carbonyl (C=O) groups is 1. The number of fused-ring (bicyclic) bond motifs is 1. The van der Waals surface area contributed by atoms with Gasteiger partial charge in [0, 0.05) is 41.8 Å². The molecule has 4 rings (SSSR count). The van der Waals surface area contributed by atoms with E-state index in [1.54, 1.807) is 23.2 Å². The molecule has 0 radical (unpaired) electrons. The van der Waals surface area contributed by atoms with E-state index in [1.807, 2.05) is 24.3 Å². The van der Waals surface area contributed by atoms with Crippen molar-refractivity contribution in [3.05, 3.63) is 57.4 Å². The second-order valence-corrected chi connectivity index (χ2v) is 11.1. The van der Waals surface area contributed by atoms with Crippen LogP contribution in [-0.4, -0.2) is 53.9 Å². The number of aryl methyl sites for hydroxylation is 1. The Labute approximate surface area is 184 Å².